The number of aromatic nitrogens is 1. The molecule has 5 rings (SSSR count). The van der Waals surface area contributed by atoms with Crippen LogP contribution in [0.1, 0.15) is 21.6 Å². The summed E-state index contributed by atoms with van der Waals surface area (Å²) >= 11 is 1.52. The van der Waals surface area contributed by atoms with E-state index in [0.29, 0.717) is 13.1 Å². The number of hydrogen-bond acceptors (Lipinski definition) is 4. The molecule has 4 aromatic rings. The number of aromatic hydroxyl groups is 1. The second-order valence-corrected chi connectivity index (χ2v) is 8.68. The average Bonchev–Trinajstić information content (AvgIpc) is 3.42. The van der Waals surface area contributed by atoms with Gasteiger partial charge in [-0.1, -0.05) is 78.1 Å². The standard InChI is InChI=1S/C27H23N3OS/c31-26-25(18-22-11-12-24-23(17-22)13-15-28-24)32-27(29-19-21-9-5-2-6-10-21)30(26)16-14-20-7-3-1-4-8-20/h1-13,15,17-18,31H,14,16,19H2/b22-18+,29-27?. The summed E-state index contributed by atoms with van der Waals surface area (Å²) in [6.07, 6.45) is 6.66. The van der Waals surface area contributed by atoms with Crippen molar-refractivity contribution in [3.8, 4) is 5.88 Å². The first kappa shape index (κ1) is 20.2. The minimum Gasteiger partial charge on any atom is -0.493 e. The number of fused-ring (bicyclic) bond motifs is 1. The van der Waals surface area contributed by atoms with E-state index >= 15 is 0 Å². The Labute approximate surface area is 190 Å². The van der Waals surface area contributed by atoms with E-state index in [1.165, 1.54) is 16.9 Å². The predicted molar refractivity (Wildman–Crippen MR) is 130 cm³/mol. The summed E-state index contributed by atoms with van der Waals surface area (Å²) in [6.45, 7) is 1.25. The van der Waals surface area contributed by atoms with Gasteiger partial charge in [0, 0.05) is 18.3 Å². The molecular formula is C27H23N3OS. The van der Waals surface area contributed by atoms with Crippen LogP contribution >= 0.6 is 11.3 Å². The summed E-state index contributed by atoms with van der Waals surface area (Å²) in [5.41, 5.74) is 3.48. The zero-order valence-corrected chi connectivity index (χ0v) is 18.4. The maximum atomic E-state index is 11.1. The van der Waals surface area contributed by atoms with Crippen molar-refractivity contribution in [2.45, 2.75) is 19.5 Å². The summed E-state index contributed by atoms with van der Waals surface area (Å²) in [7, 11) is 0. The molecule has 2 heterocycles. The first-order valence-electron chi connectivity index (χ1n) is 10.6. The highest BCUT2D eigenvalue weighted by Gasteiger charge is 2.11. The van der Waals surface area contributed by atoms with Crippen molar-refractivity contribution in [2.24, 2.45) is 9.98 Å². The van der Waals surface area contributed by atoms with Crippen molar-refractivity contribution in [1.29, 1.82) is 0 Å². The van der Waals surface area contributed by atoms with Crippen molar-refractivity contribution in [3.63, 3.8) is 0 Å². The van der Waals surface area contributed by atoms with Gasteiger partial charge in [0.1, 0.15) is 0 Å². The predicted octanol–water partition coefficient (Wildman–Crippen LogP) is 4.03. The van der Waals surface area contributed by atoms with Gasteiger partial charge in [0.05, 0.1) is 16.8 Å². The second-order valence-electron chi connectivity index (χ2n) is 7.67. The quantitative estimate of drug-likeness (QED) is 0.486. The van der Waals surface area contributed by atoms with Crippen LogP contribution in [0.25, 0.3) is 12.2 Å². The maximum absolute atomic E-state index is 11.1. The number of thiazole rings is 1. The van der Waals surface area contributed by atoms with Crippen molar-refractivity contribution in [2.75, 3.05) is 0 Å². The van der Waals surface area contributed by atoms with Crippen molar-refractivity contribution in [3.05, 3.63) is 122 Å². The van der Waals surface area contributed by atoms with Gasteiger partial charge in [-0.3, -0.25) is 14.6 Å². The molecule has 1 aliphatic rings. The molecule has 0 fully saturated rings. The summed E-state index contributed by atoms with van der Waals surface area (Å²) in [6, 6.07) is 26.7. The van der Waals surface area contributed by atoms with E-state index in [1.807, 2.05) is 71.5 Å². The summed E-state index contributed by atoms with van der Waals surface area (Å²) in [5, 5.41) is 13.1. The fraction of sp³-hybridized carbons (Fsp3) is 0.111. The Balaban J connectivity index is 1.52. The second kappa shape index (κ2) is 9.20. The molecule has 158 valence electrons. The van der Waals surface area contributed by atoms with Crippen LogP contribution in [0.2, 0.25) is 0 Å². The Hall–Kier alpha value is -3.70. The number of rotatable bonds is 6. The molecule has 0 atom stereocenters. The number of hydrogen-bond donors (Lipinski definition) is 1. The molecule has 0 aliphatic carbocycles. The highest BCUT2D eigenvalue weighted by atomic mass is 32.1. The van der Waals surface area contributed by atoms with Gasteiger partial charge in [-0.2, -0.15) is 0 Å². The fourth-order valence-electron chi connectivity index (χ4n) is 3.73. The molecule has 0 bridgehead atoms. The smallest absolute Gasteiger partial charge is 0.211 e. The van der Waals surface area contributed by atoms with Gasteiger partial charge in [0.15, 0.2) is 4.80 Å². The third kappa shape index (κ3) is 4.48. The first-order valence-corrected chi connectivity index (χ1v) is 11.4. The molecule has 1 aromatic heterocycles. The Morgan fingerprint density at radius 1 is 0.938 bits per heavy atom. The van der Waals surface area contributed by atoms with Gasteiger partial charge >= 0.3 is 0 Å². The number of aryl methyl sites for hydroxylation is 1. The van der Waals surface area contributed by atoms with Gasteiger partial charge in [0.2, 0.25) is 5.88 Å². The van der Waals surface area contributed by atoms with Crippen LogP contribution in [0.4, 0.5) is 0 Å². The number of benzene rings is 3. The molecule has 0 spiro atoms. The Bertz CT molecular complexity index is 1450. The van der Waals surface area contributed by atoms with Crippen molar-refractivity contribution < 1.29 is 5.11 Å². The lowest BCUT2D eigenvalue weighted by Gasteiger charge is -2.06. The molecule has 32 heavy (non-hydrogen) atoms. The van der Waals surface area contributed by atoms with Crippen molar-refractivity contribution >= 4 is 23.5 Å². The summed E-state index contributed by atoms with van der Waals surface area (Å²) < 4.78 is 1.93. The fourth-order valence-corrected chi connectivity index (χ4v) is 4.74. The molecule has 0 saturated carbocycles. The van der Waals surface area contributed by atoms with Gasteiger partial charge in [-0.15, -0.1) is 0 Å². The Morgan fingerprint density at radius 2 is 1.69 bits per heavy atom. The largest absolute Gasteiger partial charge is 0.493 e. The van der Waals surface area contributed by atoms with E-state index in [0.717, 1.165) is 37.8 Å². The van der Waals surface area contributed by atoms with Crippen molar-refractivity contribution in [1.82, 2.24) is 4.57 Å². The molecule has 0 saturated heterocycles. The minimum atomic E-state index is 0.262. The highest BCUT2D eigenvalue weighted by molar-refractivity contribution is 7.10. The van der Waals surface area contributed by atoms with Crippen LogP contribution in [-0.4, -0.2) is 9.67 Å². The molecule has 1 N–H and O–H groups in total. The first-order chi connectivity index (χ1) is 15.8. The highest BCUT2D eigenvalue weighted by Crippen LogP contribution is 2.21. The molecule has 3 aromatic carbocycles. The SMILES string of the molecule is Oc1c(/C=c2\ccc3c(c2)C=CN=3)sc(=NCc2ccccc2)n1CCc1ccccc1. The topological polar surface area (TPSA) is 49.9 Å². The molecule has 4 nitrogen and oxygen atoms in total. The van der Waals surface area contributed by atoms with Gasteiger partial charge in [-0.05, 0) is 47.1 Å². The normalized spacial score (nSPS) is 13.4. The van der Waals surface area contributed by atoms with E-state index in [1.54, 1.807) is 0 Å². The zero-order chi connectivity index (χ0) is 21.8. The van der Waals surface area contributed by atoms with Crippen LogP contribution in [0.15, 0.2) is 95.0 Å². The summed E-state index contributed by atoms with van der Waals surface area (Å²) in [4.78, 5) is 10.8. The van der Waals surface area contributed by atoms with Crippen LogP contribution in [0.5, 0.6) is 5.88 Å². The monoisotopic (exact) mass is 437 g/mol. The van der Waals surface area contributed by atoms with E-state index in [4.69, 9.17) is 4.99 Å². The van der Waals surface area contributed by atoms with Gasteiger partial charge < -0.3 is 5.11 Å². The zero-order valence-electron chi connectivity index (χ0n) is 17.6. The molecule has 1 aliphatic heterocycles. The maximum Gasteiger partial charge on any atom is 0.211 e. The van der Waals surface area contributed by atoms with E-state index in [2.05, 4.69) is 35.3 Å². The van der Waals surface area contributed by atoms with Crippen LogP contribution < -0.4 is 15.4 Å². The van der Waals surface area contributed by atoms with E-state index < -0.39 is 0 Å². The van der Waals surface area contributed by atoms with Crippen LogP contribution in [-0.2, 0) is 19.5 Å². The van der Waals surface area contributed by atoms with Crippen LogP contribution in [0, 0.1) is 0 Å². The average molecular weight is 438 g/mol. The summed E-state index contributed by atoms with van der Waals surface area (Å²) in [5.74, 6) is 0.262. The third-order valence-electron chi connectivity index (χ3n) is 5.43. The van der Waals surface area contributed by atoms with E-state index in [9.17, 15) is 5.11 Å². The molecule has 0 radical (unpaired) electrons. The molecule has 0 unspecified atom stereocenters. The minimum absolute atomic E-state index is 0.262. The lowest BCUT2D eigenvalue weighted by molar-refractivity contribution is 0.410. The lowest BCUT2D eigenvalue weighted by atomic mass is 10.1. The molecular weight excluding hydrogens is 414 g/mol. The molecule has 5 heteroatoms. The Morgan fingerprint density at radius 3 is 2.47 bits per heavy atom. The van der Waals surface area contributed by atoms with Gasteiger partial charge in [0.25, 0.3) is 0 Å². The molecule has 0 amide bonds. The number of nitrogens with zero attached hydrogens (tertiary/aromatic N) is 3. The Kier molecular flexibility index (Phi) is 5.81. The van der Waals surface area contributed by atoms with Crippen LogP contribution in [0.3, 0.4) is 0 Å². The van der Waals surface area contributed by atoms with E-state index in [-0.39, 0.29) is 5.88 Å². The lowest BCUT2D eigenvalue weighted by Crippen LogP contribution is -2.16. The third-order valence-corrected chi connectivity index (χ3v) is 6.48. The van der Waals surface area contributed by atoms with Gasteiger partial charge in [-0.25, -0.2) is 0 Å².